The first kappa shape index (κ1) is 20.9. The topological polar surface area (TPSA) is 66.2 Å². The summed E-state index contributed by atoms with van der Waals surface area (Å²) in [6.45, 7) is 1.61. The first-order valence-electron chi connectivity index (χ1n) is 10.4. The number of benzene rings is 1. The Hall–Kier alpha value is -2.98. The van der Waals surface area contributed by atoms with Gasteiger partial charge in [-0.3, -0.25) is 14.6 Å². The van der Waals surface area contributed by atoms with Crippen molar-refractivity contribution in [2.24, 2.45) is 0 Å². The molecule has 5 rings (SSSR count). The van der Waals surface area contributed by atoms with Gasteiger partial charge in [-0.25, -0.2) is 4.39 Å². The van der Waals surface area contributed by atoms with Crippen molar-refractivity contribution in [2.45, 2.75) is 44.9 Å². The number of fused-ring (bicyclic) bond motifs is 5. The third kappa shape index (κ3) is 3.73. The minimum atomic E-state index is -4.82. The zero-order valence-corrected chi connectivity index (χ0v) is 17.0. The molecule has 2 aromatic heterocycles. The van der Waals surface area contributed by atoms with Gasteiger partial charge in [0.2, 0.25) is 0 Å². The summed E-state index contributed by atoms with van der Waals surface area (Å²) in [6.07, 6.45) is -1.87. The Bertz CT molecular complexity index is 1160. The van der Waals surface area contributed by atoms with E-state index in [9.17, 15) is 22.7 Å². The van der Waals surface area contributed by atoms with E-state index in [4.69, 9.17) is 5.10 Å². The van der Waals surface area contributed by atoms with Crippen LogP contribution in [-0.4, -0.2) is 37.7 Å². The minimum absolute atomic E-state index is 0.0159. The number of hydrogen-bond donors (Lipinski definition) is 2. The third-order valence-corrected chi connectivity index (χ3v) is 5.98. The van der Waals surface area contributed by atoms with Crippen molar-refractivity contribution in [1.29, 1.82) is 0 Å². The molecule has 0 spiro atoms. The fourth-order valence-electron chi connectivity index (χ4n) is 4.43. The molecule has 10 heteroatoms. The number of aryl methyl sites for hydroxylation is 2. The van der Waals surface area contributed by atoms with Crippen molar-refractivity contribution in [1.82, 2.24) is 19.7 Å². The number of nitrogens with zero attached hydrogens (tertiary/aromatic N) is 4. The van der Waals surface area contributed by atoms with Crippen molar-refractivity contribution in [2.75, 3.05) is 11.9 Å². The van der Waals surface area contributed by atoms with E-state index in [-0.39, 0.29) is 5.69 Å². The van der Waals surface area contributed by atoms with Crippen LogP contribution in [-0.2, 0) is 32.1 Å². The van der Waals surface area contributed by atoms with Crippen LogP contribution >= 0.6 is 0 Å². The van der Waals surface area contributed by atoms with Crippen molar-refractivity contribution in [3.05, 3.63) is 64.7 Å². The number of halogens is 4. The molecule has 0 radical (unpaired) electrons. The van der Waals surface area contributed by atoms with Crippen molar-refractivity contribution in [3.8, 4) is 11.4 Å². The van der Waals surface area contributed by atoms with Crippen molar-refractivity contribution < 1.29 is 22.7 Å². The number of anilines is 1. The first-order valence-corrected chi connectivity index (χ1v) is 10.4. The molecule has 0 saturated heterocycles. The molecule has 3 aromatic rings. The molecule has 2 N–H and O–H groups in total. The lowest BCUT2D eigenvalue weighted by Crippen LogP contribution is -2.43. The standard InChI is InChI=1S/C22H21F4N5O/c23-17-6-5-14(11-16(17)22(24,25)26)28-21(32)30-10-7-18-15(12-30)20-19-13(3-1-8-27-19)4-2-9-31(20)29-18/h1,3,5-6,8,11,21,28,32H,2,4,7,9-10,12H2. The first-order chi connectivity index (χ1) is 15.3. The monoisotopic (exact) mass is 447 g/mol. The van der Waals surface area contributed by atoms with E-state index in [0.29, 0.717) is 25.6 Å². The molecule has 6 nitrogen and oxygen atoms in total. The predicted octanol–water partition coefficient (Wildman–Crippen LogP) is 3.80. The lowest BCUT2D eigenvalue weighted by molar-refractivity contribution is -0.139. The quantitative estimate of drug-likeness (QED) is 0.473. The van der Waals surface area contributed by atoms with Gasteiger partial charge >= 0.3 is 6.18 Å². The maximum Gasteiger partial charge on any atom is 0.419 e. The summed E-state index contributed by atoms with van der Waals surface area (Å²) in [6, 6.07) is 6.55. The Morgan fingerprint density at radius 3 is 2.78 bits per heavy atom. The molecule has 1 unspecified atom stereocenters. The number of aromatic nitrogens is 3. The zero-order valence-electron chi connectivity index (χ0n) is 17.0. The summed E-state index contributed by atoms with van der Waals surface area (Å²) in [7, 11) is 0. The number of aliphatic hydroxyl groups is 1. The highest BCUT2D eigenvalue weighted by molar-refractivity contribution is 5.65. The van der Waals surface area contributed by atoms with E-state index in [1.54, 1.807) is 11.1 Å². The number of pyridine rings is 1. The predicted molar refractivity (Wildman–Crippen MR) is 109 cm³/mol. The van der Waals surface area contributed by atoms with Gasteiger partial charge in [-0.15, -0.1) is 0 Å². The molecule has 0 aliphatic carbocycles. The second-order valence-electron chi connectivity index (χ2n) is 8.04. The molecule has 0 bridgehead atoms. The maximum atomic E-state index is 13.6. The molecule has 0 saturated carbocycles. The molecule has 4 heterocycles. The summed E-state index contributed by atoms with van der Waals surface area (Å²) in [5, 5.41) is 18.1. The van der Waals surface area contributed by atoms with Crippen LogP contribution in [0.2, 0.25) is 0 Å². The zero-order chi connectivity index (χ0) is 22.5. The molecule has 2 aliphatic rings. The lowest BCUT2D eigenvalue weighted by Gasteiger charge is -2.32. The highest BCUT2D eigenvalue weighted by Gasteiger charge is 2.35. The molecular formula is C22H21F4N5O. The van der Waals surface area contributed by atoms with Crippen LogP contribution in [0.25, 0.3) is 11.4 Å². The van der Waals surface area contributed by atoms with Crippen LogP contribution in [0.5, 0.6) is 0 Å². The van der Waals surface area contributed by atoms with E-state index in [1.807, 2.05) is 10.7 Å². The van der Waals surface area contributed by atoms with Gasteiger partial charge in [0.15, 0.2) is 6.35 Å². The second kappa shape index (κ2) is 7.86. The number of rotatable bonds is 3. The molecule has 2 aliphatic heterocycles. The van der Waals surface area contributed by atoms with Gasteiger partial charge in [-0.05, 0) is 42.7 Å². The second-order valence-corrected chi connectivity index (χ2v) is 8.04. The summed E-state index contributed by atoms with van der Waals surface area (Å²) >= 11 is 0. The van der Waals surface area contributed by atoms with Crippen LogP contribution < -0.4 is 5.32 Å². The largest absolute Gasteiger partial charge is 0.419 e. The Balaban J connectivity index is 1.41. The Labute approximate surface area is 181 Å². The Morgan fingerprint density at radius 2 is 1.97 bits per heavy atom. The maximum absolute atomic E-state index is 13.6. The van der Waals surface area contributed by atoms with E-state index in [2.05, 4.69) is 16.4 Å². The molecular weight excluding hydrogens is 426 g/mol. The summed E-state index contributed by atoms with van der Waals surface area (Å²) in [4.78, 5) is 6.30. The van der Waals surface area contributed by atoms with Crippen LogP contribution in [0.15, 0.2) is 36.5 Å². The van der Waals surface area contributed by atoms with E-state index in [1.165, 1.54) is 6.07 Å². The van der Waals surface area contributed by atoms with E-state index < -0.39 is 23.9 Å². The average Bonchev–Trinajstić information content (AvgIpc) is 3.01. The molecule has 0 fully saturated rings. The van der Waals surface area contributed by atoms with Crippen molar-refractivity contribution >= 4 is 5.69 Å². The molecule has 168 valence electrons. The number of hydrogen-bond acceptors (Lipinski definition) is 5. The normalized spacial score (nSPS) is 17.2. The van der Waals surface area contributed by atoms with Gasteiger partial charge in [0.1, 0.15) is 5.82 Å². The smallest absolute Gasteiger partial charge is 0.361 e. The van der Waals surface area contributed by atoms with Crippen LogP contribution in [0.1, 0.15) is 28.8 Å². The summed E-state index contributed by atoms with van der Waals surface area (Å²) in [5.41, 5.74) is 3.49. The van der Waals surface area contributed by atoms with E-state index in [0.717, 1.165) is 53.7 Å². The molecule has 1 aromatic carbocycles. The van der Waals surface area contributed by atoms with Crippen LogP contribution in [0.4, 0.5) is 23.2 Å². The summed E-state index contributed by atoms with van der Waals surface area (Å²) in [5.74, 6) is -1.35. The SMILES string of the molecule is OC(Nc1ccc(F)c(C(F)(F)F)c1)N1CCc2nn3c(c2C1)-c1ncccc1CCC3. The molecule has 0 amide bonds. The Morgan fingerprint density at radius 1 is 1.12 bits per heavy atom. The lowest BCUT2D eigenvalue weighted by atomic mass is 10.0. The van der Waals surface area contributed by atoms with Crippen LogP contribution in [0, 0.1) is 5.82 Å². The van der Waals surface area contributed by atoms with Gasteiger partial charge in [-0.1, -0.05) is 6.07 Å². The van der Waals surface area contributed by atoms with Gasteiger partial charge in [0, 0.05) is 43.5 Å². The fourth-order valence-corrected chi connectivity index (χ4v) is 4.43. The van der Waals surface area contributed by atoms with E-state index >= 15 is 0 Å². The summed E-state index contributed by atoms with van der Waals surface area (Å²) < 4.78 is 54.6. The fraction of sp³-hybridized carbons (Fsp3) is 0.364. The van der Waals surface area contributed by atoms with Gasteiger partial charge in [-0.2, -0.15) is 18.3 Å². The number of nitrogens with one attached hydrogen (secondary N) is 1. The van der Waals surface area contributed by atoms with Crippen molar-refractivity contribution in [3.63, 3.8) is 0 Å². The molecule has 1 atom stereocenters. The van der Waals surface area contributed by atoms with Gasteiger partial charge in [0.25, 0.3) is 0 Å². The average molecular weight is 447 g/mol. The Kier molecular flexibility index (Phi) is 5.13. The highest BCUT2D eigenvalue weighted by atomic mass is 19.4. The highest BCUT2D eigenvalue weighted by Crippen LogP contribution is 2.35. The minimum Gasteiger partial charge on any atom is -0.361 e. The van der Waals surface area contributed by atoms with Gasteiger partial charge in [0.05, 0.1) is 22.6 Å². The number of aliphatic hydroxyl groups excluding tert-OH is 1. The molecule has 32 heavy (non-hydrogen) atoms. The van der Waals surface area contributed by atoms with Gasteiger partial charge < -0.3 is 10.4 Å². The third-order valence-electron chi connectivity index (χ3n) is 5.98. The van der Waals surface area contributed by atoms with Crippen LogP contribution in [0.3, 0.4) is 0 Å². The number of alkyl halides is 3.